The molecule has 1 aliphatic heterocycles. The number of ether oxygens (including phenoxy) is 1. The largest absolute Gasteiger partial charge is 0.394 e. The average molecular weight is 480 g/mol. The first-order valence-electron chi connectivity index (χ1n) is 12.1. The van der Waals surface area contributed by atoms with E-state index in [4.69, 9.17) is 16.0 Å². The lowest BCUT2D eigenvalue weighted by atomic mass is 10.1. The van der Waals surface area contributed by atoms with E-state index in [2.05, 4.69) is 20.3 Å². The van der Waals surface area contributed by atoms with Gasteiger partial charge in [-0.15, -0.1) is 0 Å². The molecule has 1 saturated heterocycles. The summed E-state index contributed by atoms with van der Waals surface area (Å²) in [5.74, 6) is -0.153. The Labute approximate surface area is 198 Å². The molecule has 0 unspecified atom stereocenters. The van der Waals surface area contributed by atoms with Crippen LogP contribution in [0.2, 0.25) is 0 Å². The van der Waals surface area contributed by atoms with Crippen LogP contribution in [0.4, 0.5) is 0 Å². The first-order valence-corrected chi connectivity index (χ1v) is 12.1. The molecule has 2 rings (SSSR count). The Hall–Kier alpha value is -2.66. The van der Waals surface area contributed by atoms with Gasteiger partial charge < -0.3 is 20.9 Å². The molecule has 1 aromatic heterocycles. The predicted octanol–water partition coefficient (Wildman–Crippen LogP) is 1.62. The van der Waals surface area contributed by atoms with Crippen LogP contribution in [0.3, 0.4) is 0 Å². The molecule has 1 aromatic rings. The molecule has 1 fully saturated rings. The fourth-order valence-corrected chi connectivity index (χ4v) is 4.05. The Morgan fingerprint density at radius 1 is 1.24 bits per heavy atom. The van der Waals surface area contributed by atoms with E-state index in [1.807, 2.05) is 0 Å². The van der Waals surface area contributed by atoms with Crippen molar-refractivity contribution in [3.8, 4) is 0 Å². The number of azide groups is 1. The number of H-pyrrole nitrogens is 1. The van der Waals surface area contributed by atoms with Crippen LogP contribution in [0.25, 0.3) is 10.4 Å². The molecule has 2 heterocycles. The van der Waals surface area contributed by atoms with Gasteiger partial charge in [-0.2, -0.15) is 0 Å². The quantitative estimate of drug-likeness (QED) is 0.121. The molecular formula is C22H37N7O5. The minimum atomic E-state index is -0.787. The number of aromatic amines is 1. The first kappa shape index (κ1) is 27.6. The highest BCUT2D eigenvalue weighted by atomic mass is 16.5. The van der Waals surface area contributed by atoms with Crippen molar-refractivity contribution in [2.75, 3.05) is 19.7 Å². The molecular weight excluding hydrogens is 442 g/mol. The lowest BCUT2D eigenvalue weighted by Crippen LogP contribution is -2.35. The zero-order chi connectivity index (χ0) is 24.8. The maximum Gasteiger partial charge on any atom is 0.330 e. The van der Waals surface area contributed by atoms with Gasteiger partial charge in [0.1, 0.15) is 6.23 Å². The highest BCUT2D eigenvalue weighted by Gasteiger charge is 2.35. The SMILES string of the molecule is [N-]=[N+]=N[C@H]1C[C@H](n2cc(CCC(=O)NCCCCCCCCCCN)c(=O)[nH]c2=O)O[C@@H]1CO. The Balaban J connectivity index is 1.76. The van der Waals surface area contributed by atoms with Gasteiger partial charge in [0.2, 0.25) is 5.91 Å². The second kappa shape index (κ2) is 15.3. The van der Waals surface area contributed by atoms with Crippen LogP contribution < -0.4 is 22.3 Å². The Bertz CT molecular complexity index is 925. The van der Waals surface area contributed by atoms with Gasteiger partial charge in [0.25, 0.3) is 5.56 Å². The number of carbonyl (C=O) groups is 1. The lowest BCUT2D eigenvalue weighted by Gasteiger charge is -2.15. The van der Waals surface area contributed by atoms with Crippen LogP contribution in [0.1, 0.15) is 76.0 Å². The number of aliphatic hydroxyl groups excluding tert-OH is 1. The van der Waals surface area contributed by atoms with Gasteiger partial charge in [0.05, 0.1) is 18.8 Å². The summed E-state index contributed by atoms with van der Waals surface area (Å²) in [4.78, 5) is 41.6. The maximum absolute atomic E-state index is 12.3. The molecule has 34 heavy (non-hydrogen) atoms. The minimum Gasteiger partial charge on any atom is -0.394 e. The molecule has 0 bridgehead atoms. The average Bonchev–Trinajstić information content (AvgIpc) is 3.22. The highest BCUT2D eigenvalue weighted by molar-refractivity contribution is 5.76. The Morgan fingerprint density at radius 3 is 2.56 bits per heavy atom. The van der Waals surface area contributed by atoms with E-state index in [1.165, 1.54) is 36.4 Å². The molecule has 0 spiro atoms. The number of nitrogens with two attached hydrogens (primary N) is 1. The molecule has 0 radical (unpaired) electrons. The summed E-state index contributed by atoms with van der Waals surface area (Å²) in [6.45, 7) is 0.999. The minimum absolute atomic E-state index is 0.120. The topological polar surface area (TPSA) is 188 Å². The van der Waals surface area contributed by atoms with Crippen molar-refractivity contribution in [2.45, 2.75) is 89.0 Å². The number of aromatic nitrogens is 2. The highest BCUT2D eigenvalue weighted by Crippen LogP contribution is 2.29. The van der Waals surface area contributed by atoms with Crippen LogP contribution in [0, 0.1) is 0 Å². The Morgan fingerprint density at radius 2 is 1.91 bits per heavy atom. The third-order valence-corrected chi connectivity index (χ3v) is 6.01. The second-order valence-electron chi connectivity index (χ2n) is 8.61. The first-order chi connectivity index (χ1) is 16.5. The zero-order valence-corrected chi connectivity index (χ0v) is 19.7. The predicted molar refractivity (Wildman–Crippen MR) is 127 cm³/mol. The molecule has 1 aliphatic rings. The van der Waals surface area contributed by atoms with Gasteiger partial charge in [0, 0.05) is 36.1 Å². The third kappa shape index (κ3) is 8.94. The summed E-state index contributed by atoms with van der Waals surface area (Å²) in [5, 5.41) is 15.9. The molecule has 12 nitrogen and oxygen atoms in total. The number of rotatable bonds is 16. The number of hydrogen-bond acceptors (Lipinski definition) is 7. The Kier molecular flexibility index (Phi) is 12.4. The zero-order valence-electron chi connectivity index (χ0n) is 19.7. The molecule has 190 valence electrons. The number of hydrogen-bond donors (Lipinski definition) is 4. The number of unbranched alkanes of at least 4 members (excludes halogenated alkanes) is 7. The van der Waals surface area contributed by atoms with Crippen molar-refractivity contribution in [2.24, 2.45) is 10.8 Å². The summed E-state index contributed by atoms with van der Waals surface area (Å²) >= 11 is 0. The molecule has 1 amide bonds. The molecule has 3 atom stereocenters. The number of amides is 1. The van der Waals surface area contributed by atoms with Gasteiger partial charge >= 0.3 is 5.69 Å². The number of aryl methyl sites for hydroxylation is 1. The fourth-order valence-electron chi connectivity index (χ4n) is 4.05. The van der Waals surface area contributed by atoms with Crippen molar-refractivity contribution in [3.63, 3.8) is 0 Å². The number of aliphatic hydroxyl groups is 1. The molecule has 5 N–H and O–H groups in total. The number of carbonyl (C=O) groups excluding carboxylic acids is 1. The standard InChI is InChI=1S/C22H37N7O5/c23-11-7-5-3-1-2-4-6-8-12-25-19(31)10-9-16-14-29(22(33)26-21(16)32)20-13-17(27-28-24)18(15-30)34-20/h14,17-18,20,30H,1-13,15,23H2,(H,25,31)(H,26,32,33)/t17-,18+,20+/m0/s1. The van der Waals surface area contributed by atoms with Crippen molar-refractivity contribution in [3.05, 3.63) is 43.0 Å². The second-order valence-corrected chi connectivity index (χ2v) is 8.61. The van der Waals surface area contributed by atoms with E-state index in [0.29, 0.717) is 6.54 Å². The van der Waals surface area contributed by atoms with Gasteiger partial charge in [-0.05, 0) is 31.3 Å². The molecule has 0 saturated carbocycles. The number of nitrogens with zero attached hydrogens (tertiary/aromatic N) is 4. The van der Waals surface area contributed by atoms with Gasteiger partial charge in [-0.25, -0.2) is 4.79 Å². The van der Waals surface area contributed by atoms with Crippen molar-refractivity contribution >= 4 is 5.91 Å². The van der Waals surface area contributed by atoms with Gasteiger partial charge in [0.15, 0.2) is 0 Å². The van der Waals surface area contributed by atoms with Gasteiger partial charge in [-0.3, -0.25) is 19.1 Å². The van der Waals surface area contributed by atoms with Crippen LogP contribution in [-0.2, 0) is 16.0 Å². The van der Waals surface area contributed by atoms with Crippen molar-refractivity contribution < 1.29 is 14.6 Å². The monoisotopic (exact) mass is 479 g/mol. The van der Waals surface area contributed by atoms with E-state index in [-0.39, 0.29) is 37.3 Å². The van der Waals surface area contributed by atoms with E-state index >= 15 is 0 Å². The van der Waals surface area contributed by atoms with Crippen molar-refractivity contribution in [1.82, 2.24) is 14.9 Å². The fraction of sp³-hybridized carbons (Fsp3) is 0.773. The van der Waals surface area contributed by atoms with E-state index in [1.54, 1.807) is 0 Å². The smallest absolute Gasteiger partial charge is 0.330 e. The van der Waals surface area contributed by atoms with E-state index < -0.39 is 29.6 Å². The molecule has 12 heteroatoms. The molecule has 0 aromatic carbocycles. The van der Waals surface area contributed by atoms with E-state index in [9.17, 15) is 19.5 Å². The molecule has 0 aliphatic carbocycles. The van der Waals surface area contributed by atoms with Gasteiger partial charge in [-0.1, -0.05) is 43.6 Å². The summed E-state index contributed by atoms with van der Waals surface area (Å²) in [7, 11) is 0. The normalized spacial score (nSPS) is 19.6. The summed E-state index contributed by atoms with van der Waals surface area (Å²) in [5.41, 5.74) is 13.2. The van der Waals surface area contributed by atoms with Crippen molar-refractivity contribution in [1.29, 1.82) is 0 Å². The van der Waals surface area contributed by atoms with Crippen LogP contribution in [0.15, 0.2) is 20.9 Å². The third-order valence-electron chi connectivity index (χ3n) is 6.01. The summed E-state index contributed by atoms with van der Waals surface area (Å²) < 4.78 is 6.83. The van der Waals surface area contributed by atoms with Crippen LogP contribution in [-0.4, -0.2) is 52.4 Å². The number of nitrogens with one attached hydrogen (secondary N) is 2. The van der Waals surface area contributed by atoms with E-state index in [0.717, 1.165) is 32.2 Å². The maximum atomic E-state index is 12.3. The summed E-state index contributed by atoms with van der Waals surface area (Å²) in [6, 6.07) is -0.621. The van der Waals surface area contributed by atoms with Crippen LogP contribution in [0.5, 0.6) is 0 Å². The lowest BCUT2D eigenvalue weighted by molar-refractivity contribution is -0.121. The van der Waals surface area contributed by atoms with Crippen LogP contribution >= 0.6 is 0 Å². The summed E-state index contributed by atoms with van der Waals surface area (Å²) in [6.07, 6.45) is 9.40.